The first kappa shape index (κ1) is 16.3. The number of aromatic amines is 1. The maximum Gasteiger partial charge on any atom is 0.431 e. The second-order valence-electron chi connectivity index (χ2n) is 4.96. The van der Waals surface area contributed by atoms with E-state index < -0.39 is 40.4 Å². The number of nitrogens with one attached hydrogen (secondary N) is 2. The van der Waals surface area contributed by atoms with Crippen molar-refractivity contribution >= 4 is 23.9 Å². The Hall–Kier alpha value is -2.53. The number of halogens is 4. The van der Waals surface area contributed by atoms with Crippen LogP contribution in [-0.4, -0.2) is 26.7 Å². The molecule has 0 radical (unpaired) electrons. The summed E-state index contributed by atoms with van der Waals surface area (Å²) in [6.07, 6.45) is -5.43. The van der Waals surface area contributed by atoms with E-state index in [9.17, 15) is 32.3 Å². The molecule has 24 heavy (non-hydrogen) atoms. The highest BCUT2D eigenvalue weighted by Gasteiger charge is 2.66. The first-order valence-corrected chi connectivity index (χ1v) is 6.74. The van der Waals surface area contributed by atoms with Gasteiger partial charge in [0.1, 0.15) is 17.2 Å². The van der Waals surface area contributed by atoms with Crippen molar-refractivity contribution in [1.82, 2.24) is 9.55 Å². The quantitative estimate of drug-likeness (QED) is 0.533. The Morgan fingerprint density at radius 3 is 2.29 bits per heavy atom. The van der Waals surface area contributed by atoms with E-state index in [1.165, 1.54) is 12.1 Å². The lowest BCUT2D eigenvalue weighted by molar-refractivity contribution is -0.252. The van der Waals surface area contributed by atoms with Gasteiger partial charge < -0.3 is 10.4 Å². The molecule has 1 aromatic carbocycles. The van der Waals surface area contributed by atoms with Gasteiger partial charge in [0.05, 0.1) is 0 Å². The summed E-state index contributed by atoms with van der Waals surface area (Å²) in [6, 6.07) is 4.39. The van der Waals surface area contributed by atoms with Gasteiger partial charge in [0.25, 0.3) is 17.1 Å². The summed E-state index contributed by atoms with van der Waals surface area (Å²) in [7, 11) is 0. The molecule has 0 spiro atoms. The van der Waals surface area contributed by atoms with Crippen molar-refractivity contribution in [3.05, 3.63) is 50.8 Å². The standard InChI is InChI=1S/C13H7F4N3O3S/c14-5-1-3-6(4-2-5)20-8-7(9(21)19-11(20)24)12(23,10(22)18-8)13(15,16)17/h1-4,23H,(H,18,22)(H,19,21,24). The van der Waals surface area contributed by atoms with Crippen molar-refractivity contribution < 1.29 is 27.5 Å². The van der Waals surface area contributed by atoms with Gasteiger partial charge in [-0.2, -0.15) is 13.2 Å². The highest BCUT2D eigenvalue weighted by molar-refractivity contribution is 7.71. The van der Waals surface area contributed by atoms with Gasteiger partial charge in [-0.15, -0.1) is 0 Å². The van der Waals surface area contributed by atoms with Gasteiger partial charge >= 0.3 is 6.18 Å². The molecule has 0 aliphatic carbocycles. The normalized spacial score (nSPS) is 20.0. The number of nitrogens with zero attached hydrogens (tertiary/aromatic N) is 1. The molecule has 1 aliphatic heterocycles. The third kappa shape index (κ3) is 2.08. The lowest BCUT2D eigenvalue weighted by Crippen LogP contribution is -2.50. The number of benzene rings is 1. The van der Waals surface area contributed by atoms with E-state index in [1.54, 1.807) is 0 Å². The number of rotatable bonds is 1. The largest absolute Gasteiger partial charge is 0.431 e. The maximum atomic E-state index is 13.2. The molecular formula is C13H7F4N3O3S. The van der Waals surface area contributed by atoms with E-state index in [1.807, 2.05) is 10.3 Å². The number of alkyl halides is 3. The average molecular weight is 361 g/mol. The van der Waals surface area contributed by atoms with Gasteiger partial charge in [0.15, 0.2) is 4.77 Å². The molecule has 2 heterocycles. The molecule has 3 rings (SSSR count). The SMILES string of the molecule is O=C1Nc2c(c(=O)[nH]c(=S)n2-c2ccc(F)cc2)C1(O)C(F)(F)F. The summed E-state index contributed by atoms with van der Waals surface area (Å²) in [5.74, 6) is -3.06. The number of carbonyl (C=O) groups is 1. The van der Waals surface area contributed by atoms with Crippen LogP contribution in [0.4, 0.5) is 23.4 Å². The molecule has 2 aromatic rings. The Labute approximate surface area is 135 Å². The predicted molar refractivity (Wildman–Crippen MR) is 75.8 cm³/mol. The number of anilines is 1. The third-order valence-corrected chi connectivity index (χ3v) is 3.81. The summed E-state index contributed by atoms with van der Waals surface area (Å²) in [6.45, 7) is 0. The van der Waals surface area contributed by atoms with Crippen LogP contribution < -0.4 is 10.9 Å². The monoisotopic (exact) mass is 361 g/mol. The van der Waals surface area contributed by atoms with Gasteiger partial charge in [-0.1, -0.05) is 0 Å². The summed E-state index contributed by atoms with van der Waals surface area (Å²) in [5, 5.41) is 11.7. The van der Waals surface area contributed by atoms with Crippen LogP contribution in [0.3, 0.4) is 0 Å². The zero-order valence-electron chi connectivity index (χ0n) is 11.4. The predicted octanol–water partition coefficient (Wildman–Crippen LogP) is 1.74. The molecule has 1 aromatic heterocycles. The topological polar surface area (TPSA) is 87.1 Å². The van der Waals surface area contributed by atoms with Crippen molar-refractivity contribution in [2.24, 2.45) is 0 Å². The molecule has 6 nitrogen and oxygen atoms in total. The van der Waals surface area contributed by atoms with Crippen molar-refractivity contribution in [1.29, 1.82) is 0 Å². The number of aromatic nitrogens is 2. The first-order chi connectivity index (χ1) is 11.1. The van der Waals surface area contributed by atoms with Crippen molar-refractivity contribution in [3.8, 4) is 5.69 Å². The maximum absolute atomic E-state index is 13.2. The zero-order chi connectivity index (χ0) is 17.9. The number of aliphatic hydroxyl groups is 1. The molecule has 126 valence electrons. The third-order valence-electron chi connectivity index (χ3n) is 3.53. The van der Waals surface area contributed by atoms with E-state index in [0.717, 1.165) is 16.7 Å². The molecule has 0 fully saturated rings. The molecule has 3 N–H and O–H groups in total. The van der Waals surface area contributed by atoms with Gasteiger partial charge in [-0.05, 0) is 36.5 Å². The van der Waals surface area contributed by atoms with Crippen LogP contribution in [0.1, 0.15) is 5.56 Å². The fourth-order valence-corrected chi connectivity index (χ4v) is 2.70. The number of fused-ring (bicyclic) bond motifs is 1. The summed E-state index contributed by atoms with van der Waals surface area (Å²) in [5.41, 5.74) is -6.51. The van der Waals surface area contributed by atoms with Gasteiger partial charge in [0, 0.05) is 5.69 Å². The molecule has 0 saturated heterocycles. The number of hydrogen-bond acceptors (Lipinski definition) is 4. The molecule has 0 bridgehead atoms. The number of amides is 1. The fraction of sp³-hybridized carbons (Fsp3) is 0.154. The number of carbonyl (C=O) groups excluding carboxylic acids is 1. The molecule has 1 unspecified atom stereocenters. The second-order valence-corrected chi connectivity index (χ2v) is 5.34. The summed E-state index contributed by atoms with van der Waals surface area (Å²) in [4.78, 5) is 25.7. The van der Waals surface area contributed by atoms with Crippen LogP contribution >= 0.6 is 12.2 Å². The van der Waals surface area contributed by atoms with E-state index in [-0.39, 0.29) is 10.5 Å². The smallest absolute Gasteiger partial charge is 0.368 e. The van der Waals surface area contributed by atoms with E-state index >= 15 is 0 Å². The highest BCUT2D eigenvalue weighted by Crippen LogP contribution is 2.45. The van der Waals surface area contributed by atoms with E-state index in [4.69, 9.17) is 12.2 Å². The minimum absolute atomic E-state index is 0.0839. The lowest BCUT2D eigenvalue weighted by Gasteiger charge is -2.22. The molecular weight excluding hydrogens is 354 g/mol. The molecule has 1 atom stereocenters. The zero-order valence-corrected chi connectivity index (χ0v) is 12.3. The van der Waals surface area contributed by atoms with Crippen molar-refractivity contribution in [2.45, 2.75) is 11.8 Å². The Morgan fingerprint density at radius 1 is 1.17 bits per heavy atom. The molecule has 1 aliphatic rings. The van der Waals surface area contributed by atoms with E-state index in [0.29, 0.717) is 0 Å². The minimum Gasteiger partial charge on any atom is -0.368 e. The molecule has 0 saturated carbocycles. The first-order valence-electron chi connectivity index (χ1n) is 6.33. The van der Waals surface area contributed by atoms with Crippen LogP contribution in [0.5, 0.6) is 0 Å². The lowest BCUT2D eigenvalue weighted by atomic mass is 9.97. The highest BCUT2D eigenvalue weighted by atomic mass is 32.1. The van der Waals surface area contributed by atoms with Crippen LogP contribution in [0, 0.1) is 10.6 Å². The van der Waals surface area contributed by atoms with Crippen molar-refractivity contribution in [3.63, 3.8) is 0 Å². The Kier molecular flexibility index (Phi) is 3.39. The molecule has 1 amide bonds. The summed E-state index contributed by atoms with van der Waals surface area (Å²) < 4.78 is 53.2. The van der Waals surface area contributed by atoms with Gasteiger partial charge in [-0.3, -0.25) is 19.1 Å². The Bertz CT molecular complexity index is 964. The van der Waals surface area contributed by atoms with Crippen LogP contribution in [0.25, 0.3) is 5.69 Å². The minimum atomic E-state index is -5.43. The average Bonchev–Trinajstić information content (AvgIpc) is 2.74. The van der Waals surface area contributed by atoms with Gasteiger partial charge in [0.2, 0.25) is 0 Å². The van der Waals surface area contributed by atoms with Crippen LogP contribution in [0.2, 0.25) is 0 Å². The Balaban J connectivity index is 2.39. The Morgan fingerprint density at radius 2 is 1.75 bits per heavy atom. The second kappa shape index (κ2) is 4.98. The number of hydrogen-bond donors (Lipinski definition) is 3. The van der Waals surface area contributed by atoms with Crippen molar-refractivity contribution in [2.75, 3.05) is 5.32 Å². The van der Waals surface area contributed by atoms with E-state index in [2.05, 4.69) is 0 Å². The fourth-order valence-electron chi connectivity index (χ4n) is 2.41. The van der Waals surface area contributed by atoms with Crippen LogP contribution in [-0.2, 0) is 10.4 Å². The molecule has 11 heteroatoms. The van der Waals surface area contributed by atoms with Crippen LogP contribution in [0.15, 0.2) is 29.1 Å². The number of H-pyrrole nitrogens is 1. The summed E-state index contributed by atoms with van der Waals surface area (Å²) >= 11 is 4.90. The van der Waals surface area contributed by atoms with Gasteiger partial charge in [-0.25, -0.2) is 4.39 Å².